The number of aryl methyl sites for hydroxylation is 1. The van der Waals surface area contributed by atoms with Gasteiger partial charge in [-0.2, -0.15) is 0 Å². The van der Waals surface area contributed by atoms with Gasteiger partial charge in [-0.15, -0.1) is 0 Å². The van der Waals surface area contributed by atoms with Crippen LogP contribution in [-0.4, -0.2) is 35.6 Å². The average Bonchev–Trinajstić information content (AvgIpc) is 3.12. The third-order valence-corrected chi connectivity index (χ3v) is 3.80. The van der Waals surface area contributed by atoms with E-state index in [0.29, 0.717) is 0 Å². The molecule has 0 bridgehead atoms. The number of halogens is 1. The van der Waals surface area contributed by atoms with Gasteiger partial charge in [-0.3, -0.25) is 4.99 Å². The molecule has 0 saturated heterocycles. The van der Waals surface area contributed by atoms with E-state index in [1.807, 2.05) is 0 Å². The van der Waals surface area contributed by atoms with Crippen LogP contribution >= 0.6 is 15.9 Å². The maximum Gasteiger partial charge on any atom is 0.194 e. The highest BCUT2D eigenvalue weighted by Crippen LogP contribution is 2.28. The van der Waals surface area contributed by atoms with E-state index in [-0.39, 0.29) is 0 Å². The number of nitrogens with zero attached hydrogens (tertiary/aromatic N) is 3. The molecule has 1 aliphatic carbocycles. The molecule has 1 N–H and O–H groups in total. The number of nitrogens with one attached hydrogen (secondary N) is 1. The van der Waals surface area contributed by atoms with Crippen molar-refractivity contribution in [3.63, 3.8) is 0 Å². The Balaban J connectivity index is 1.99. The molecular weight excluding hydrogens is 304 g/mol. The molecule has 1 saturated carbocycles. The molecule has 1 aromatic rings. The molecule has 0 aliphatic heterocycles. The zero-order valence-electron chi connectivity index (χ0n) is 12.0. The predicted molar refractivity (Wildman–Crippen MR) is 83.3 cm³/mol. The highest BCUT2D eigenvalue weighted by atomic mass is 79.9. The molecule has 0 amide bonds. The van der Waals surface area contributed by atoms with Crippen molar-refractivity contribution in [2.45, 2.75) is 26.3 Å². The van der Waals surface area contributed by atoms with E-state index >= 15 is 0 Å². The molecule has 0 atom stereocenters. The molecule has 4 nitrogen and oxygen atoms in total. The third kappa shape index (κ3) is 4.27. The largest absolute Gasteiger partial charge is 0.357 e. The number of guanidine groups is 1. The fourth-order valence-corrected chi connectivity index (χ4v) is 2.60. The molecule has 1 fully saturated rings. The van der Waals surface area contributed by atoms with Gasteiger partial charge < -0.3 is 14.8 Å². The summed E-state index contributed by atoms with van der Waals surface area (Å²) in [6.45, 7) is 4.84. The SMILES string of the molecule is CCNC(=NCC1CC1)N(C)Cc1cc(Br)cn1C. The van der Waals surface area contributed by atoms with Crippen molar-refractivity contribution in [1.29, 1.82) is 0 Å². The van der Waals surface area contributed by atoms with Crippen molar-refractivity contribution >= 4 is 21.9 Å². The first kappa shape index (κ1) is 14.4. The zero-order valence-corrected chi connectivity index (χ0v) is 13.6. The standard InChI is InChI=1S/C14H23BrN4/c1-4-16-14(17-8-11-5-6-11)19(3)10-13-7-12(15)9-18(13)2/h7,9,11H,4-6,8,10H2,1-3H3,(H,16,17). The fraction of sp³-hybridized carbons (Fsp3) is 0.643. The van der Waals surface area contributed by atoms with E-state index in [1.165, 1.54) is 18.5 Å². The summed E-state index contributed by atoms with van der Waals surface area (Å²) in [5.74, 6) is 1.83. The summed E-state index contributed by atoms with van der Waals surface area (Å²) in [7, 11) is 4.16. The Bertz CT molecular complexity index is 448. The minimum atomic E-state index is 0.825. The van der Waals surface area contributed by atoms with Gasteiger partial charge in [0.25, 0.3) is 0 Å². The lowest BCUT2D eigenvalue weighted by molar-refractivity contribution is 0.461. The van der Waals surface area contributed by atoms with Crippen LogP contribution in [0.5, 0.6) is 0 Å². The number of rotatable bonds is 5. The summed E-state index contributed by atoms with van der Waals surface area (Å²) < 4.78 is 3.27. The lowest BCUT2D eigenvalue weighted by atomic mass is 10.4. The lowest BCUT2D eigenvalue weighted by Crippen LogP contribution is -2.39. The van der Waals surface area contributed by atoms with Crippen LogP contribution in [-0.2, 0) is 13.6 Å². The van der Waals surface area contributed by atoms with Crippen LogP contribution in [0.3, 0.4) is 0 Å². The van der Waals surface area contributed by atoms with Gasteiger partial charge in [0.2, 0.25) is 0 Å². The summed E-state index contributed by atoms with van der Waals surface area (Å²) in [5.41, 5.74) is 1.27. The molecule has 106 valence electrons. The molecule has 5 heteroatoms. The number of hydrogen-bond donors (Lipinski definition) is 1. The molecule has 0 radical (unpaired) electrons. The van der Waals surface area contributed by atoms with Crippen molar-refractivity contribution in [2.24, 2.45) is 18.0 Å². The summed E-state index contributed by atoms with van der Waals surface area (Å²) in [5, 5.41) is 3.37. The molecule has 1 heterocycles. The highest BCUT2D eigenvalue weighted by Gasteiger charge is 2.21. The molecule has 0 aromatic carbocycles. The second-order valence-electron chi connectivity index (χ2n) is 5.25. The Morgan fingerprint density at radius 3 is 2.84 bits per heavy atom. The lowest BCUT2D eigenvalue weighted by Gasteiger charge is -2.22. The topological polar surface area (TPSA) is 32.6 Å². The van der Waals surface area contributed by atoms with Crippen molar-refractivity contribution in [3.05, 3.63) is 22.4 Å². The Kier molecular flexibility index (Phi) is 4.91. The van der Waals surface area contributed by atoms with E-state index < -0.39 is 0 Å². The normalized spacial score (nSPS) is 15.7. The highest BCUT2D eigenvalue weighted by molar-refractivity contribution is 9.10. The average molecular weight is 327 g/mol. The van der Waals surface area contributed by atoms with Crippen LogP contribution in [0.25, 0.3) is 0 Å². The number of hydrogen-bond acceptors (Lipinski definition) is 1. The fourth-order valence-electron chi connectivity index (χ4n) is 2.03. The smallest absolute Gasteiger partial charge is 0.194 e. The van der Waals surface area contributed by atoms with Gasteiger partial charge in [0.1, 0.15) is 0 Å². The molecule has 0 unspecified atom stereocenters. The molecule has 1 aliphatic rings. The van der Waals surface area contributed by atoms with Crippen LogP contribution in [0.4, 0.5) is 0 Å². The second kappa shape index (κ2) is 6.46. The van der Waals surface area contributed by atoms with Crippen molar-refractivity contribution < 1.29 is 0 Å². The minimum Gasteiger partial charge on any atom is -0.357 e. The van der Waals surface area contributed by atoms with Crippen molar-refractivity contribution in [1.82, 2.24) is 14.8 Å². The van der Waals surface area contributed by atoms with Crippen molar-refractivity contribution in [3.8, 4) is 0 Å². The molecule has 1 aromatic heterocycles. The van der Waals surface area contributed by atoms with Gasteiger partial charge in [-0.1, -0.05) is 0 Å². The maximum atomic E-state index is 4.72. The molecule has 0 spiro atoms. The molecule has 2 rings (SSSR count). The predicted octanol–water partition coefficient (Wildman–Crippen LogP) is 2.59. The van der Waals surface area contributed by atoms with Crippen LogP contribution < -0.4 is 5.32 Å². The summed E-state index contributed by atoms with van der Waals surface area (Å²) in [4.78, 5) is 6.91. The van der Waals surface area contributed by atoms with Gasteiger partial charge in [-0.25, -0.2) is 0 Å². The van der Waals surface area contributed by atoms with Gasteiger partial charge in [-0.05, 0) is 47.7 Å². The van der Waals surface area contributed by atoms with E-state index in [4.69, 9.17) is 4.99 Å². The Morgan fingerprint density at radius 2 is 2.32 bits per heavy atom. The summed E-state index contributed by atoms with van der Waals surface area (Å²) in [6, 6.07) is 2.15. The molecular formula is C14H23BrN4. The van der Waals surface area contributed by atoms with E-state index in [9.17, 15) is 0 Å². The number of aliphatic imine (C=N–C) groups is 1. The van der Waals surface area contributed by atoms with Crippen LogP contribution in [0.15, 0.2) is 21.7 Å². The second-order valence-corrected chi connectivity index (χ2v) is 6.17. The van der Waals surface area contributed by atoms with Crippen LogP contribution in [0.1, 0.15) is 25.5 Å². The van der Waals surface area contributed by atoms with Gasteiger partial charge >= 0.3 is 0 Å². The summed E-state index contributed by atoms with van der Waals surface area (Å²) >= 11 is 3.51. The minimum absolute atomic E-state index is 0.825. The monoisotopic (exact) mass is 326 g/mol. The first-order chi connectivity index (χ1) is 9.10. The van der Waals surface area contributed by atoms with Crippen LogP contribution in [0.2, 0.25) is 0 Å². The van der Waals surface area contributed by atoms with Gasteiger partial charge in [0, 0.05) is 43.5 Å². The first-order valence-electron chi connectivity index (χ1n) is 6.90. The quantitative estimate of drug-likeness (QED) is 0.666. The maximum absolute atomic E-state index is 4.72. The van der Waals surface area contributed by atoms with E-state index in [1.54, 1.807) is 0 Å². The van der Waals surface area contributed by atoms with Crippen molar-refractivity contribution in [2.75, 3.05) is 20.1 Å². The van der Waals surface area contributed by atoms with Gasteiger partial charge in [0.05, 0.1) is 6.54 Å². The number of aromatic nitrogens is 1. The van der Waals surface area contributed by atoms with Gasteiger partial charge in [0.15, 0.2) is 5.96 Å². The van der Waals surface area contributed by atoms with Crippen LogP contribution in [0, 0.1) is 5.92 Å². The van der Waals surface area contributed by atoms with E-state index in [2.05, 4.69) is 64.0 Å². The summed E-state index contributed by atoms with van der Waals surface area (Å²) in [6.07, 6.45) is 4.77. The first-order valence-corrected chi connectivity index (χ1v) is 7.69. The Hall–Kier alpha value is -0.970. The Labute approximate surface area is 124 Å². The van der Waals surface area contributed by atoms with E-state index in [0.717, 1.165) is 36.0 Å². The third-order valence-electron chi connectivity index (χ3n) is 3.37. The Morgan fingerprint density at radius 1 is 1.58 bits per heavy atom. The zero-order chi connectivity index (χ0) is 13.8. The molecule has 19 heavy (non-hydrogen) atoms.